The van der Waals surface area contributed by atoms with Gasteiger partial charge in [-0.3, -0.25) is 0 Å². The van der Waals surface area contributed by atoms with Crippen LogP contribution in [0.2, 0.25) is 0 Å². The maximum absolute atomic E-state index is 8.95. The third-order valence-electron chi connectivity index (χ3n) is 2.09. The van der Waals surface area contributed by atoms with Gasteiger partial charge in [-0.15, -0.1) is 23.1 Å². The van der Waals surface area contributed by atoms with E-state index in [4.69, 9.17) is 9.78 Å². The number of thioether (sulfide) groups is 1. The van der Waals surface area contributed by atoms with Crippen molar-refractivity contribution in [2.24, 2.45) is 0 Å². The Bertz CT molecular complexity index is 508. The molecule has 2 aromatic rings. The van der Waals surface area contributed by atoms with Crippen LogP contribution in [0.15, 0.2) is 21.0 Å². The van der Waals surface area contributed by atoms with Crippen LogP contribution < -0.4 is 0 Å². The third kappa shape index (κ3) is 1.66. The first-order valence-corrected chi connectivity index (χ1v) is 6.30. The lowest BCUT2D eigenvalue weighted by Gasteiger charge is -1.96. The average molecular weight is 236 g/mol. The molecule has 15 heavy (non-hydrogen) atoms. The van der Waals surface area contributed by atoms with Crippen LogP contribution in [0.25, 0.3) is 11.3 Å². The Morgan fingerprint density at radius 3 is 2.93 bits per heavy atom. The van der Waals surface area contributed by atoms with Gasteiger partial charge < -0.3 is 4.52 Å². The Labute approximate surface area is 95.7 Å². The largest absolute Gasteiger partial charge is 0.356 e. The molecule has 0 saturated heterocycles. The molecule has 0 N–H and O–H groups in total. The first kappa shape index (κ1) is 10.3. The summed E-state index contributed by atoms with van der Waals surface area (Å²) in [6.07, 6.45) is 3.61. The van der Waals surface area contributed by atoms with Crippen molar-refractivity contribution in [3.05, 3.63) is 22.7 Å². The van der Waals surface area contributed by atoms with E-state index in [0.29, 0.717) is 0 Å². The Balaban J connectivity index is 2.65. The molecule has 0 aliphatic rings. The van der Waals surface area contributed by atoms with Gasteiger partial charge in [0.1, 0.15) is 10.9 Å². The second kappa shape index (κ2) is 4.09. The lowest BCUT2D eigenvalue weighted by Crippen LogP contribution is -1.78. The fourth-order valence-electron chi connectivity index (χ4n) is 1.37. The van der Waals surface area contributed by atoms with Crippen molar-refractivity contribution in [1.29, 1.82) is 5.26 Å². The molecule has 0 unspecified atom stereocenters. The van der Waals surface area contributed by atoms with Gasteiger partial charge in [0.05, 0.1) is 10.4 Å². The average Bonchev–Trinajstić information content (AvgIpc) is 2.84. The van der Waals surface area contributed by atoms with Crippen LogP contribution >= 0.6 is 23.1 Å². The van der Waals surface area contributed by atoms with E-state index in [1.165, 1.54) is 11.3 Å². The second-order valence-corrected chi connectivity index (χ2v) is 5.01. The summed E-state index contributed by atoms with van der Waals surface area (Å²) < 4.78 is 6.23. The number of nitrogens with zero attached hydrogens (tertiary/aromatic N) is 2. The van der Waals surface area contributed by atoms with E-state index in [1.807, 2.05) is 19.2 Å². The monoisotopic (exact) mass is 236 g/mol. The van der Waals surface area contributed by atoms with Crippen LogP contribution in [0.1, 0.15) is 10.4 Å². The molecular weight excluding hydrogens is 228 g/mol. The van der Waals surface area contributed by atoms with E-state index in [0.717, 1.165) is 26.0 Å². The minimum atomic E-state index is 0.731. The summed E-state index contributed by atoms with van der Waals surface area (Å²) in [5.41, 5.74) is 1.98. The van der Waals surface area contributed by atoms with Crippen LogP contribution in [-0.4, -0.2) is 11.4 Å². The number of rotatable bonds is 2. The highest BCUT2D eigenvalue weighted by Gasteiger charge is 2.18. The topological polar surface area (TPSA) is 49.8 Å². The summed E-state index contributed by atoms with van der Waals surface area (Å²) in [6.45, 7) is 1.94. The van der Waals surface area contributed by atoms with E-state index < -0.39 is 0 Å². The maximum atomic E-state index is 8.95. The molecular formula is C10H8N2OS2. The van der Waals surface area contributed by atoms with Gasteiger partial charge in [-0.05, 0) is 18.7 Å². The standard InChI is InChI=1S/C10H8N2OS2/c1-6-8(5-11)15-10(14-2)9(6)7-3-4-12-13-7/h3-4H,1-2H3. The van der Waals surface area contributed by atoms with Crippen LogP contribution in [0, 0.1) is 18.3 Å². The zero-order valence-corrected chi connectivity index (χ0v) is 9.91. The lowest BCUT2D eigenvalue weighted by molar-refractivity contribution is 0.431. The first-order valence-electron chi connectivity index (χ1n) is 4.26. The third-order valence-corrected chi connectivity index (χ3v) is 4.40. The molecule has 2 aromatic heterocycles. The summed E-state index contributed by atoms with van der Waals surface area (Å²) >= 11 is 3.12. The molecule has 0 aliphatic heterocycles. The molecule has 2 heterocycles. The van der Waals surface area contributed by atoms with Crippen LogP contribution in [0.3, 0.4) is 0 Å². The molecule has 0 radical (unpaired) electrons. The molecule has 0 atom stereocenters. The van der Waals surface area contributed by atoms with E-state index in [1.54, 1.807) is 18.0 Å². The van der Waals surface area contributed by atoms with E-state index in [9.17, 15) is 0 Å². The predicted octanol–water partition coefficient (Wildman–Crippen LogP) is 3.31. The van der Waals surface area contributed by atoms with Gasteiger partial charge >= 0.3 is 0 Å². The van der Waals surface area contributed by atoms with Crippen LogP contribution in [-0.2, 0) is 0 Å². The van der Waals surface area contributed by atoms with Crippen molar-refractivity contribution < 1.29 is 4.52 Å². The van der Waals surface area contributed by atoms with Crippen molar-refractivity contribution >= 4 is 23.1 Å². The van der Waals surface area contributed by atoms with Crippen molar-refractivity contribution in [3.63, 3.8) is 0 Å². The molecule has 0 fully saturated rings. The van der Waals surface area contributed by atoms with Gasteiger partial charge in [-0.2, -0.15) is 5.26 Å². The molecule has 0 bridgehead atoms. The maximum Gasteiger partial charge on any atom is 0.169 e. The normalized spacial score (nSPS) is 10.2. The minimum Gasteiger partial charge on any atom is -0.356 e. The van der Waals surface area contributed by atoms with E-state index >= 15 is 0 Å². The molecule has 76 valence electrons. The molecule has 0 amide bonds. The molecule has 0 aromatic carbocycles. The van der Waals surface area contributed by atoms with Gasteiger partial charge in [0, 0.05) is 11.6 Å². The molecule has 3 nitrogen and oxygen atoms in total. The van der Waals surface area contributed by atoms with Gasteiger partial charge in [-0.1, -0.05) is 5.16 Å². The molecule has 0 spiro atoms. The number of thiophene rings is 1. The van der Waals surface area contributed by atoms with E-state index in [-0.39, 0.29) is 0 Å². The minimum absolute atomic E-state index is 0.731. The van der Waals surface area contributed by atoms with Crippen molar-refractivity contribution in [2.45, 2.75) is 11.1 Å². The van der Waals surface area contributed by atoms with Crippen LogP contribution in [0.5, 0.6) is 0 Å². The Morgan fingerprint density at radius 1 is 1.60 bits per heavy atom. The quantitative estimate of drug-likeness (QED) is 0.751. The Hall–Kier alpha value is -1.25. The first-order chi connectivity index (χ1) is 7.27. The highest BCUT2D eigenvalue weighted by atomic mass is 32.2. The fourth-order valence-corrected chi connectivity index (χ4v) is 3.25. The number of nitriles is 1. The zero-order chi connectivity index (χ0) is 10.8. The van der Waals surface area contributed by atoms with Crippen molar-refractivity contribution in [1.82, 2.24) is 5.16 Å². The van der Waals surface area contributed by atoms with E-state index in [2.05, 4.69) is 11.2 Å². The van der Waals surface area contributed by atoms with Gasteiger partial charge in [0.25, 0.3) is 0 Å². The van der Waals surface area contributed by atoms with Crippen molar-refractivity contribution in [3.8, 4) is 17.4 Å². The number of hydrogen-bond donors (Lipinski definition) is 0. The molecule has 5 heteroatoms. The smallest absolute Gasteiger partial charge is 0.169 e. The lowest BCUT2D eigenvalue weighted by atomic mass is 10.1. The molecule has 0 aliphatic carbocycles. The Morgan fingerprint density at radius 2 is 2.40 bits per heavy atom. The van der Waals surface area contributed by atoms with Gasteiger partial charge in [0.2, 0.25) is 0 Å². The zero-order valence-electron chi connectivity index (χ0n) is 8.27. The predicted molar refractivity (Wildman–Crippen MR) is 61.0 cm³/mol. The van der Waals surface area contributed by atoms with Gasteiger partial charge in [0.15, 0.2) is 5.76 Å². The SMILES string of the molecule is CSc1sc(C#N)c(C)c1-c1ccno1. The number of hydrogen-bond acceptors (Lipinski definition) is 5. The molecule has 0 saturated carbocycles. The summed E-state index contributed by atoms with van der Waals surface area (Å²) in [4.78, 5) is 0.741. The fraction of sp³-hybridized carbons (Fsp3) is 0.200. The van der Waals surface area contributed by atoms with Crippen LogP contribution in [0.4, 0.5) is 0 Å². The molecule has 2 rings (SSSR count). The summed E-state index contributed by atoms with van der Waals surface area (Å²) in [6, 6.07) is 4.01. The summed E-state index contributed by atoms with van der Waals surface area (Å²) in [5, 5.41) is 12.6. The highest BCUT2D eigenvalue weighted by Crippen LogP contribution is 2.40. The number of aromatic nitrogens is 1. The summed E-state index contributed by atoms with van der Waals surface area (Å²) in [5.74, 6) is 0.731. The Kier molecular flexibility index (Phi) is 2.80. The van der Waals surface area contributed by atoms with Crippen molar-refractivity contribution in [2.75, 3.05) is 6.26 Å². The summed E-state index contributed by atoms with van der Waals surface area (Å²) in [7, 11) is 0. The second-order valence-electron chi connectivity index (χ2n) is 2.91. The highest BCUT2D eigenvalue weighted by molar-refractivity contribution is 8.00. The van der Waals surface area contributed by atoms with Gasteiger partial charge in [-0.25, -0.2) is 0 Å².